The van der Waals surface area contributed by atoms with Gasteiger partial charge < -0.3 is 15.7 Å². The highest BCUT2D eigenvalue weighted by molar-refractivity contribution is 5.90. The fourth-order valence-electron chi connectivity index (χ4n) is 2.13. The van der Waals surface area contributed by atoms with Crippen LogP contribution in [0.15, 0.2) is 36.4 Å². The third-order valence-electron chi connectivity index (χ3n) is 3.21. The monoisotopic (exact) mass is 336 g/mol. The van der Waals surface area contributed by atoms with Crippen molar-refractivity contribution in [3.8, 4) is 0 Å². The van der Waals surface area contributed by atoms with E-state index in [0.29, 0.717) is 11.1 Å². The first-order valence-electron chi connectivity index (χ1n) is 7.38. The van der Waals surface area contributed by atoms with Crippen LogP contribution in [-0.4, -0.2) is 35.0 Å². The molecule has 0 heterocycles. The van der Waals surface area contributed by atoms with E-state index >= 15 is 0 Å². The van der Waals surface area contributed by atoms with Gasteiger partial charge in [-0.05, 0) is 31.0 Å². The maximum absolute atomic E-state index is 13.0. The van der Waals surface area contributed by atoms with Crippen molar-refractivity contribution in [1.82, 2.24) is 10.6 Å². The summed E-state index contributed by atoms with van der Waals surface area (Å²) in [7, 11) is 0. The molecule has 0 saturated carbocycles. The molecule has 0 aromatic heterocycles. The number of amides is 2. The van der Waals surface area contributed by atoms with Crippen molar-refractivity contribution in [2.75, 3.05) is 0 Å². The number of carbonyl (C=O) groups excluding carboxylic acids is 2. The molecule has 1 aromatic carbocycles. The largest absolute Gasteiger partial charge is 0.480 e. The molecule has 7 heteroatoms. The van der Waals surface area contributed by atoms with Gasteiger partial charge in [0, 0.05) is 13.3 Å². The van der Waals surface area contributed by atoms with Crippen LogP contribution in [-0.2, 0) is 20.8 Å². The van der Waals surface area contributed by atoms with Crippen LogP contribution >= 0.6 is 0 Å². The molecule has 0 aliphatic heterocycles. The van der Waals surface area contributed by atoms with Gasteiger partial charge >= 0.3 is 5.97 Å². The van der Waals surface area contributed by atoms with Crippen molar-refractivity contribution >= 4 is 17.8 Å². The van der Waals surface area contributed by atoms with Crippen molar-refractivity contribution < 1.29 is 23.9 Å². The second kappa shape index (κ2) is 8.81. The average Bonchev–Trinajstić information content (AvgIpc) is 2.47. The van der Waals surface area contributed by atoms with Crippen molar-refractivity contribution in [2.45, 2.75) is 38.8 Å². The molecule has 24 heavy (non-hydrogen) atoms. The summed E-state index contributed by atoms with van der Waals surface area (Å²) in [5.74, 6) is -2.64. The Morgan fingerprint density at radius 1 is 1.12 bits per heavy atom. The fraction of sp³-hybridized carbons (Fsp3) is 0.353. The molecule has 0 bridgehead atoms. The summed E-state index contributed by atoms with van der Waals surface area (Å²) >= 11 is 0. The van der Waals surface area contributed by atoms with Gasteiger partial charge in [0.15, 0.2) is 0 Å². The van der Waals surface area contributed by atoms with Gasteiger partial charge in [-0.2, -0.15) is 0 Å². The van der Waals surface area contributed by atoms with Crippen LogP contribution in [0.2, 0.25) is 0 Å². The third-order valence-corrected chi connectivity index (χ3v) is 3.21. The van der Waals surface area contributed by atoms with Crippen molar-refractivity contribution in [3.63, 3.8) is 0 Å². The van der Waals surface area contributed by atoms with Crippen LogP contribution in [0.1, 0.15) is 25.8 Å². The molecule has 0 spiro atoms. The smallest absolute Gasteiger partial charge is 0.326 e. The molecular formula is C17H21FN2O4. The van der Waals surface area contributed by atoms with Gasteiger partial charge in [0.05, 0.1) is 0 Å². The fourth-order valence-corrected chi connectivity index (χ4v) is 2.13. The minimum absolute atomic E-state index is 0.0877. The predicted octanol–water partition coefficient (Wildman–Crippen LogP) is 1.41. The summed E-state index contributed by atoms with van der Waals surface area (Å²) in [5.41, 5.74) is 1.24. The van der Waals surface area contributed by atoms with Crippen LogP contribution in [0.4, 0.5) is 4.39 Å². The average molecular weight is 336 g/mol. The Hall–Kier alpha value is -2.70. The summed E-state index contributed by atoms with van der Waals surface area (Å²) in [4.78, 5) is 34.9. The molecular weight excluding hydrogens is 315 g/mol. The minimum Gasteiger partial charge on any atom is -0.480 e. The van der Waals surface area contributed by atoms with Gasteiger partial charge in [0.2, 0.25) is 11.8 Å². The molecule has 1 aromatic rings. The number of benzene rings is 1. The van der Waals surface area contributed by atoms with Gasteiger partial charge in [-0.15, -0.1) is 6.58 Å². The van der Waals surface area contributed by atoms with E-state index in [0.717, 1.165) is 0 Å². The normalized spacial score (nSPS) is 12.8. The van der Waals surface area contributed by atoms with E-state index in [9.17, 15) is 23.9 Å². The molecule has 0 aliphatic rings. The van der Waals surface area contributed by atoms with Gasteiger partial charge in [-0.3, -0.25) is 9.59 Å². The second-order valence-corrected chi connectivity index (χ2v) is 5.64. The first kappa shape index (κ1) is 19.3. The standard InChI is InChI=1S/C17H21FN2O4/c1-10(2)8-15(17(23)24)20-16(22)14(19-11(3)21)9-12-4-6-13(18)7-5-12/h4-7,14-15H,1,8-9H2,2-3H3,(H,19,21)(H,20,22)(H,23,24)/t14-,15-/m1/s1. The molecule has 2 amide bonds. The van der Waals surface area contributed by atoms with Crippen molar-refractivity contribution in [1.29, 1.82) is 0 Å². The van der Waals surface area contributed by atoms with Crippen LogP contribution in [0.5, 0.6) is 0 Å². The Labute approximate surface area is 139 Å². The van der Waals surface area contributed by atoms with Gasteiger partial charge in [-0.25, -0.2) is 9.18 Å². The lowest BCUT2D eigenvalue weighted by Crippen LogP contribution is -2.52. The summed E-state index contributed by atoms with van der Waals surface area (Å²) in [6, 6.07) is 3.41. The van der Waals surface area contributed by atoms with Crippen LogP contribution in [0, 0.1) is 5.82 Å². The van der Waals surface area contributed by atoms with Crippen LogP contribution in [0.25, 0.3) is 0 Å². The van der Waals surface area contributed by atoms with Gasteiger partial charge in [0.1, 0.15) is 17.9 Å². The molecule has 1 rings (SSSR count). The van der Waals surface area contributed by atoms with E-state index in [1.54, 1.807) is 6.92 Å². The zero-order chi connectivity index (χ0) is 18.3. The number of carbonyl (C=O) groups is 3. The molecule has 0 saturated heterocycles. The number of carboxylic acid groups (broad SMARTS) is 1. The van der Waals surface area contributed by atoms with Crippen LogP contribution < -0.4 is 10.6 Å². The van der Waals surface area contributed by atoms with Crippen molar-refractivity contribution in [3.05, 3.63) is 47.8 Å². The number of aliphatic carboxylic acids is 1. The number of carboxylic acids is 1. The molecule has 0 fully saturated rings. The predicted molar refractivity (Wildman–Crippen MR) is 86.7 cm³/mol. The number of hydrogen-bond donors (Lipinski definition) is 3. The molecule has 2 atom stereocenters. The first-order valence-corrected chi connectivity index (χ1v) is 7.38. The number of hydrogen-bond acceptors (Lipinski definition) is 3. The maximum atomic E-state index is 13.0. The van der Waals surface area contributed by atoms with Gasteiger partial charge in [-0.1, -0.05) is 17.7 Å². The lowest BCUT2D eigenvalue weighted by Gasteiger charge is -2.21. The lowest BCUT2D eigenvalue weighted by molar-refractivity contribution is -0.142. The Morgan fingerprint density at radius 2 is 1.71 bits per heavy atom. The highest BCUT2D eigenvalue weighted by Gasteiger charge is 2.26. The molecule has 3 N–H and O–H groups in total. The summed E-state index contributed by atoms with van der Waals surface area (Å²) in [6.45, 7) is 6.55. The highest BCUT2D eigenvalue weighted by atomic mass is 19.1. The van der Waals surface area contributed by atoms with E-state index in [1.165, 1.54) is 31.2 Å². The zero-order valence-corrected chi connectivity index (χ0v) is 13.6. The molecule has 0 radical (unpaired) electrons. The van der Waals surface area contributed by atoms with Crippen LogP contribution in [0.3, 0.4) is 0 Å². The zero-order valence-electron chi connectivity index (χ0n) is 13.6. The van der Waals surface area contributed by atoms with E-state index in [4.69, 9.17) is 0 Å². The molecule has 6 nitrogen and oxygen atoms in total. The van der Waals surface area contributed by atoms with Gasteiger partial charge in [0.25, 0.3) is 0 Å². The highest BCUT2D eigenvalue weighted by Crippen LogP contribution is 2.08. The van der Waals surface area contributed by atoms with E-state index < -0.39 is 35.7 Å². The second-order valence-electron chi connectivity index (χ2n) is 5.64. The number of nitrogens with one attached hydrogen (secondary N) is 2. The Balaban J connectivity index is 2.87. The minimum atomic E-state index is -1.19. The first-order chi connectivity index (χ1) is 11.2. The SMILES string of the molecule is C=C(C)C[C@@H](NC(=O)[C@@H](Cc1ccc(F)cc1)NC(C)=O)C(=O)O. The summed E-state index contributed by atoms with van der Waals surface area (Å²) < 4.78 is 13.0. The topological polar surface area (TPSA) is 95.5 Å². The molecule has 130 valence electrons. The quantitative estimate of drug-likeness (QED) is 0.626. The van der Waals surface area contributed by atoms with E-state index in [2.05, 4.69) is 17.2 Å². The summed E-state index contributed by atoms with van der Waals surface area (Å²) in [6.07, 6.45) is 0.204. The maximum Gasteiger partial charge on any atom is 0.326 e. The van der Waals surface area contributed by atoms with E-state index in [-0.39, 0.29) is 12.8 Å². The Morgan fingerprint density at radius 3 is 2.17 bits per heavy atom. The number of halogens is 1. The van der Waals surface area contributed by atoms with Crippen molar-refractivity contribution in [2.24, 2.45) is 0 Å². The Bertz CT molecular complexity index is 628. The Kier molecular flexibility index (Phi) is 7.10. The summed E-state index contributed by atoms with van der Waals surface area (Å²) in [5, 5.41) is 14.0. The number of rotatable bonds is 8. The van der Waals surface area contributed by atoms with E-state index in [1.807, 2.05) is 0 Å². The lowest BCUT2D eigenvalue weighted by atomic mass is 10.0. The third kappa shape index (κ3) is 6.60. The molecule has 0 aliphatic carbocycles. The molecule has 0 unspecified atom stereocenters.